The minimum Gasteiger partial charge on any atom is -0.462 e. The van der Waals surface area contributed by atoms with Crippen molar-refractivity contribution < 1.29 is 17.9 Å². The van der Waals surface area contributed by atoms with E-state index in [-0.39, 0.29) is 40.5 Å². The van der Waals surface area contributed by atoms with Gasteiger partial charge in [-0.2, -0.15) is 0 Å². The highest BCUT2D eigenvalue weighted by Crippen LogP contribution is 2.24. The number of sulfonamides is 1. The summed E-state index contributed by atoms with van der Waals surface area (Å²) in [5.41, 5.74) is 5.04. The maximum atomic E-state index is 12.3. The molecule has 1 rings (SSSR count). The first-order valence-electron chi connectivity index (χ1n) is 6.33. The maximum absolute atomic E-state index is 12.3. The summed E-state index contributed by atoms with van der Waals surface area (Å²) in [6, 6.07) is 4.18. The highest BCUT2D eigenvalue weighted by Gasteiger charge is 2.27. The molecule has 0 unspecified atom stereocenters. The minimum atomic E-state index is -3.74. The van der Waals surface area contributed by atoms with Crippen LogP contribution in [-0.4, -0.2) is 33.1 Å². The van der Waals surface area contributed by atoms with E-state index in [0.29, 0.717) is 0 Å². The van der Waals surface area contributed by atoms with Crippen molar-refractivity contribution in [3.8, 4) is 0 Å². The molecule has 0 aromatic heterocycles. The summed E-state index contributed by atoms with van der Waals surface area (Å²) in [6.07, 6.45) is 0. The number of carbonyl (C=O) groups is 1. The third-order valence-corrected chi connectivity index (χ3v) is 5.33. The zero-order chi connectivity index (χ0) is 16.3. The number of rotatable bonds is 6. The Balaban J connectivity index is 0.00000441. The lowest BCUT2D eigenvalue weighted by Gasteiger charge is -2.24. The average Bonchev–Trinajstić information content (AvgIpc) is 2.37. The van der Waals surface area contributed by atoms with Crippen molar-refractivity contribution in [3.63, 3.8) is 0 Å². The maximum Gasteiger partial charge on any atom is 0.338 e. The molecular weight excluding hydrogens is 396 g/mol. The lowest BCUT2D eigenvalue weighted by Crippen LogP contribution is -2.48. The third kappa shape index (κ3) is 5.51. The highest BCUT2D eigenvalue weighted by atomic mass is 79.9. The fourth-order valence-electron chi connectivity index (χ4n) is 1.52. The molecule has 0 atom stereocenters. The molecule has 0 aliphatic heterocycles. The lowest BCUT2D eigenvalue weighted by molar-refractivity contribution is 0.0526. The monoisotopic (exact) mass is 414 g/mol. The number of esters is 1. The SMILES string of the molecule is CCOC(=O)c1ccc(S(=O)(=O)NC(C)(C)CN)c(Br)c1.Cl. The topological polar surface area (TPSA) is 98.5 Å². The van der Waals surface area contributed by atoms with Crippen molar-refractivity contribution in [2.24, 2.45) is 5.73 Å². The molecule has 22 heavy (non-hydrogen) atoms. The van der Waals surface area contributed by atoms with E-state index in [9.17, 15) is 13.2 Å². The van der Waals surface area contributed by atoms with Gasteiger partial charge >= 0.3 is 5.97 Å². The van der Waals surface area contributed by atoms with E-state index in [1.54, 1.807) is 20.8 Å². The second-order valence-corrected chi connectivity index (χ2v) is 7.56. The molecule has 0 spiro atoms. The van der Waals surface area contributed by atoms with Crippen LogP contribution in [0.5, 0.6) is 0 Å². The molecule has 0 aliphatic rings. The van der Waals surface area contributed by atoms with Crippen LogP contribution in [0.4, 0.5) is 0 Å². The molecule has 3 N–H and O–H groups in total. The van der Waals surface area contributed by atoms with Crippen molar-refractivity contribution in [2.75, 3.05) is 13.2 Å². The summed E-state index contributed by atoms with van der Waals surface area (Å²) in [7, 11) is -3.74. The first kappa shape index (κ1) is 21.3. The van der Waals surface area contributed by atoms with E-state index in [2.05, 4.69) is 20.7 Å². The molecule has 9 heteroatoms. The molecule has 126 valence electrons. The van der Waals surface area contributed by atoms with E-state index in [1.807, 2.05) is 0 Å². The Morgan fingerprint density at radius 1 is 1.41 bits per heavy atom. The quantitative estimate of drug-likeness (QED) is 0.693. The number of carbonyl (C=O) groups excluding carboxylic acids is 1. The predicted octanol–water partition coefficient (Wildman–Crippen LogP) is 2.06. The zero-order valence-corrected chi connectivity index (χ0v) is 15.8. The summed E-state index contributed by atoms with van der Waals surface area (Å²) in [5, 5.41) is 0. The smallest absolute Gasteiger partial charge is 0.338 e. The summed E-state index contributed by atoms with van der Waals surface area (Å²) in [6.45, 7) is 5.48. The Morgan fingerprint density at radius 2 is 2.00 bits per heavy atom. The van der Waals surface area contributed by atoms with E-state index >= 15 is 0 Å². The van der Waals surface area contributed by atoms with Crippen LogP contribution >= 0.6 is 28.3 Å². The van der Waals surface area contributed by atoms with Crippen LogP contribution in [0.2, 0.25) is 0 Å². The van der Waals surface area contributed by atoms with Crippen LogP contribution in [0.1, 0.15) is 31.1 Å². The van der Waals surface area contributed by atoms with Gasteiger partial charge in [-0.05, 0) is 54.9 Å². The van der Waals surface area contributed by atoms with Gasteiger partial charge in [-0.1, -0.05) is 0 Å². The van der Waals surface area contributed by atoms with Gasteiger partial charge in [0, 0.05) is 16.6 Å². The summed E-state index contributed by atoms with van der Waals surface area (Å²) in [5.74, 6) is -0.502. The zero-order valence-electron chi connectivity index (χ0n) is 12.6. The minimum absolute atomic E-state index is 0. The van der Waals surface area contributed by atoms with Gasteiger partial charge in [-0.25, -0.2) is 17.9 Å². The van der Waals surface area contributed by atoms with Crippen molar-refractivity contribution in [1.82, 2.24) is 4.72 Å². The van der Waals surface area contributed by atoms with Crippen LogP contribution in [0.3, 0.4) is 0 Å². The number of nitrogens with one attached hydrogen (secondary N) is 1. The van der Waals surface area contributed by atoms with Gasteiger partial charge in [-0.15, -0.1) is 12.4 Å². The highest BCUT2D eigenvalue weighted by molar-refractivity contribution is 9.10. The molecule has 1 aromatic rings. The van der Waals surface area contributed by atoms with Gasteiger partial charge in [0.15, 0.2) is 0 Å². The van der Waals surface area contributed by atoms with Crippen molar-refractivity contribution in [2.45, 2.75) is 31.2 Å². The predicted molar refractivity (Wildman–Crippen MR) is 90.8 cm³/mol. The molecule has 0 heterocycles. The fraction of sp³-hybridized carbons (Fsp3) is 0.462. The summed E-state index contributed by atoms with van der Waals surface area (Å²) >= 11 is 3.17. The Kier molecular flexibility index (Phi) is 8.01. The summed E-state index contributed by atoms with van der Waals surface area (Å²) in [4.78, 5) is 11.6. The van der Waals surface area contributed by atoms with Crippen LogP contribution in [0.25, 0.3) is 0 Å². The number of hydrogen-bond acceptors (Lipinski definition) is 5. The second-order valence-electron chi connectivity index (χ2n) is 5.06. The molecule has 0 aliphatic carbocycles. The molecule has 0 saturated heterocycles. The van der Waals surface area contributed by atoms with Gasteiger partial charge in [-0.3, -0.25) is 0 Å². The van der Waals surface area contributed by atoms with Crippen molar-refractivity contribution in [3.05, 3.63) is 28.2 Å². The molecule has 0 bridgehead atoms. The van der Waals surface area contributed by atoms with Crippen LogP contribution in [-0.2, 0) is 14.8 Å². The fourth-order valence-corrected chi connectivity index (χ4v) is 4.02. The second kappa shape index (κ2) is 8.26. The molecular formula is C13H20BrClN2O4S. The Morgan fingerprint density at radius 3 is 2.45 bits per heavy atom. The summed E-state index contributed by atoms with van der Waals surface area (Å²) < 4.78 is 32.3. The van der Waals surface area contributed by atoms with Gasteiger partial charge < -0.3 is 10.5 Å². The van der Waals surface area contributed by atoms with Crippen molar-refractivity contribution in [1.29, 1.82) is 0 Å². The van der Waals surface area contributed by atoms with E-state index in [4.69, 9.17) is 10.5 Å². The number of hydrogen-bond donors (Lipinski definition) is 2. The molecule has 0 fully saturated rings. The Bertz CT molecular complexity index is 635. The Hall–Kier alpha value is -0.670. The molecule has 1 aromatic carbocycles. The van der Waals surface area contributed by atoms with Gasteiger partial charge in [0.25, 0.3) is 0 Å². The normalized spacial score (nSPS) is 11.7. The average molecular weight is 416 g/mol. The van der Waals surface area contributed by atoms with E-state index < -0.39 is 21.5 Å². The number of ether oxygens (including phenoxy) is 1. The van der Waals surface area contributed by atoms with Crippen LogP contribution in [0.15, 0.2) is 27.6 Å². The first-order chi connectivity index (χ1) is 9.63. The van der Waals surface area contributed by atoms with Crippen LogP contribution < -0.4 is 10.5 Å². The molecule has 0 saturated carbocycles. The van der Waals surface area contributed by atoms with Gasteiger partial charge in [0.2, 0.25) is 10.0 Å². The molecule has 6 nitrogen and oxygen atoms in total. The third-order valence-electron chi connectivity index (χ3n) is 2.65. The molecule has 0 radical (unpaired) electrons. The number of halogens is 2. The standard InChI is InChI=1S/C13H19BrN2O4S.ClH/c1-4-20-12(17)9-5-6-11(10(14)7-9)21(18,19)16-13(2,3)8-15;/h5-7,16H,4,8,15H2,1-3H3;1H. The lowest BCUT2D eigenvalue weighted by atomic mass is 10.1. The van der Waals surface area contributed by atoms with Gasteiger partial charge in [0.05, 0.1) is 17.1 Å². The van der Waals surface area contributed by atoms with Crippen molar-refractivity contribution >= 4 is 44.3 Å². The van der Waals surface area contributed by atoms with E-state index in [1.165, 1.54) is 18.2 Å². The number of benzene rings is 1. The largest absolute Gasteiger partial charge is 0.462 e. The molecule has 0 amide bonds. The first-order valence-corrected chi connectivity index (χ1v) is 8.61. The number of nitrogens with two attached hydrogens (primary N) is 1. The van der Waals surface area contributed by atoms with E-state index in [0.717, 1.165) is 0 Å². The van der Waals surface area contributed by atoms with Crippen LogP contribution in [0, 0.1) is 0 Å². The Labute approximate surface area is 145 Å². The van der Waals surface area contributed by atoms with Gasteiger partial charge in [0.1, 0.15) is 0 Å².